The lowest BCUT2D eigenvalue weighted by Gasteiger charge is -2.42. The van der Waals surface area contributed by atoms with E-state index in [2.05, 4.69) is 0 Å². The third-order valence-electron chi connectivity index (χ3n) is 5.29. The summed E-state index contributed by atoms with van der Waals surface area (Å²) in [6.45, 7) is 5.65. The smallest absolute Gasteiger partial charge is 0.267 e. The number of amides is 1. The Morgan fingerprint density at radius 2 is 2.25 bits per heavy atom. The minimum Gasteiger partial charge on any atom is -0.492 e. The van der Waals surface area contributed by atoms with Crippen LogP contribution in [0.25, 0.3) is 0 Å². The highest BCUT2D eigenvalue weighted by molar-refractivity contribution is 7.12. The Bertz CT molecular complexity index is 551. The summed E-state index contributed by atoms with van der Waals surface area (Å²) in [6.07, 6.45) is 3.99. The molecule has 2 fully saturated rings. The Labute approximate surface area is 147 Å². The van der Waals surface area contributed by atoms with Gasteiger partial charge in [0.15, 0.2) is 0 Å². The molecule has 0 N–H and O–H groups in total. The highest BCUT2D eigenvalue weighted by Gasteiger charge is 2.46. The van der Waals surface area contributed by atoms with Crippen LogP contribution < -0.4 is 4.74 Å². The fourth-order valence-corrected chi connectivity index (χ4v) is 4.76. The number of nitrogens with zero attached hydrogens (tertiary/aromatic N) is 1. The van der Waals surface area contributed by atoms with E-state index in [-0.39, 0.29) is 11.5 Å². The Balaban J connectivity index is 1.62. The Morgan fingerprint density at radius 1 is 1.46 bits per heavy atom. The molecule has 5 nitrogen and oxygen atoms in total. The van der Waals surface area contributed by atoms with Crippen LogP contribution >= 0.6 is 11.3 Å². The molecule has 0 aromatic carbocycles. The second-order valence-electron chi connectivity index (χ2n) is 6.52. The number of likely N-dealkylation sites (tertiary alicyclic amines) is 1. The number of rotatable bonds is 6. The molecule has 134 valence electrons. The molecule has 1 spiro atoms. The van der Waals surface area contributed by atoms with Crippen LogP contribution in [-0.2, 0) is 9.47 Å². The minimum atomic E-state index is -0.0481. The Kier molecular flexibility index (Phi) is 5.79. The van der Waals surface area contributed by atoms with Crippen molar-refractivity contribution >= 4 is 17.2 Å². The zero-order valence-corrected chi connectivity index (χ0v) is 15.4. The van der Waals surface area contributed by atoms with E-state index in [4.69, 9.17) is 14.2 Å². The highest BCUT2D eigenvalue weighted by Crippen LogP contribution is 2.42. The average Bonchev–Trinajstić information content (AvgIpc) is 3.21. The molecule has 1 aromatic heterocycles. The molecule has 3 rings (SSSR count). The van der Waals surface area contributed by atoms with Crippen molar-refractivity contribution in [3.8, 4) is 5.75 Å². The van der Waals surface area contributed by atoms with E-state index in [9.17, 15) is 4.79 Å². The highest BCUT2D eigenvalue weighted by atomic mass is 32.1. The molecule has 0 radical (unpaired) electrons. The lowest BCUT2D eigenvalue weighted by Crippen LogP contribution is -2.49. The number of piperidine rings is 1. The minimum absolute atomic E-state index is 0.0481. The molecule has 0 unspecified atom stereocenters. The van der Waals surface area contributed by atoms with Crippen LogP contribution in [0.3, 0.4) is 0 Å². The maximum Gasteiger partial charge on any atom is 0.267 e. The van der Waals surface area contributed by atoms with Gasteiger partial charge in [0, 0.05) is 33.4 Å². The van der Waals surface area contributed by atoms with Crippen LogP contribution in [0.5, 0.6) is 5.75 Å². The molecule has 0 aliphatic carbocycles. The van der Waals surface area contributed by atoms with E-state index in [1.165, 1.54) is 11.3 Å². The van der Waals surface area contributed by atoms with Crippen LogP contribution in [0.2, 0.25) is 0 Å². The van der Waals surface area contributed by atoms with E-state index in [1.807, 2.05) is 23.3 Å². The van der Waals surface area contributed by atoms with Crippen molar-refractivity contribution in [2.24, 2.45) is 5.92 Å². The van der Waals surface area contributed by atoms with Gasteiger partial charge >= 0.3 is 0 Å². The van der Waals surface area contributed by atoms with Crippen LogP contribution in [0.15, 0.2) is 11.4 Å². The zero-order valence-electron chi connectivity index (χ0n) is 14.6. The van der Waals surface area contributed by atoms with E-state index in [0.717, 1.165) is 56.9 Å². The predicted octanol–water partition coefficient (Wildman–Crippen LogP) is 3.19. The maximum absolute atomic E-state index is 12.8. The van der Waals surface area contributed by atoms with Gasteiger partial charge in [0.2, 0.25) is 0 Å². The Morgan fingerprint density at radius 3 is 2.96 bits per heavy atom. The van der Waals surface area contributed by atoms with Gasteiger partial charge in [-0.05, 0) is 50.0 Å². The van der Waals surface area contributed by atoms with Gasteiger partial charge in [0.05, 0.1) is 12.2 Å². The van der Waals surface area contributed by atoms with Gasteiger partial charge in [0.25, 0.3) is 5.91 Å². The summed E-state index contributed by atoms with van der Waals surface area (Å²) >= 11 is 1.46. The van der Waals surface area contributed by atoms with Gasteiger partial charge in [0.1, 0.15) is 10.6 Å². The molecule has 3 heterocycles. The summed E-state index contributed by atoms with van der Waals surface area (Å²) in [7, 11) is 1.75. The number of methoxy groups -OCH3 is 1. The molecule has 2 aliphatic rings. The quantitative estimate of drug-likeness (QED) is 0.788. The molecule has 1 atom stereocenters. The molecular formula is C18H27NO4S. The predicted molar refractivity (Wildman–Crippen MR) is 93.9 cm³/mol. The molecule has 1 amide bonds. The first-order valence-electron chi connectivity index (χ1n) is 8.82. The second-order valence-corrected chi connectivity index (χ2v) is 7.44. The summed E-state index contributed by atoms with van der Waals surface area (Å²) in [5, 5.41) is 1.92. The fraction of sp³-hybridized carbons (Fsp3) is 0.722. The van der Waals surface area contributed by atoms with Gasteiger partial charge in [-0.25, -0.2) is 0 Å². The summed E-state index contributed by atoms with van der Waals surface area (Å²) in [4.78, 5) is 15.5. The van der Waals surface area contributed by atoms with Crippen molar-refractivity contribution in [3.63, 3.8) is 0 Å². The molecule has 0 saturated carbocycles. The molecule has 24 heavy (non-hydrogen) atoms. The zero-order chi connectivity index (χ0) is 17.0. The summed E-state index contributed by atoms with van der Waals surface area (Å²) in [6, 6.07) is 1.88. The van der Waals surface area contributed by atoms with Gasteiger partial charge in [-0.15, -0.1) is 11.3 Å². The number of thiophene rings is 1. The third kappa shape index (κ3) is 3.46. The van der Waals surface area contributed by atoms with E-state index < -0.39 is 0 Å². The molecular weight excluding hydrogens is 326 g/mol. The number of hydrogen-bond donors (Lipinski definition) is 0. The Hall–Kier alpha value is -1.11. The number of ether oxygens (including phenoxy) is 3. The van der Waals surface area contributed by atoms with Crippen molar-refractivity contribution in [1.82, 2.24) is 4.90 Å². The molecule has 0 bridgehead atoms. The topological polar surface area (TPSA) is 48.0 Å². The summed E-state index contributed by atoms with van der Waals surface area (Å²) < 4.78 is 17.0. The van der Waals surface area contributed by atoms with Crippen molar-refractivity contribution in [2.45, 2.75) is 38.2 Å². The largest absolute Gasteiger partial charge is 0.492 e. The normalized spacial score (nSPS) is 22.9. The van der Waals surface area contributed by atoms with Gasteiger partial charge in [-0.2, -0.15) is 0 Å². The van der Waals surface area contributed by atoms with Gasteiger partial charge < -0.3 is 19.1 Å². The molecule has 6 heteroatoms. The van der Waals surface area contributed by atoms with Crippen molar-refractivity contribution in [3.05, 3.63) is 16.3 Å². The fourth-order valence-electron chi connectivity index (χ4n) is 3.96. The van der Waals surface area contributed by atoms with Gasteiger partial charge in [-0.3, -0.25) is 4.79 Å². The number of carbonyl (C=O) groups is 1. The van der Waals surface area contributed by atoms with E-state index in [1.54, 1.807) is 7.11 Å². The van der Waals surface area contributed by atoms with Gasteiger partial charge in [-0.1, -0.05) is 0 Å². The SMILES string of the molecule is CCOc1ccsc1C(=O)N1CCC2(CC1)OCC[C@H]2CCOC. The maximum atomic E-state index is 12.8. The first-order chi connectivity index (χ1) is 11.7. The molecule has 1 aromatic rings. The van der Waals surface area contributed by atoms with Crippen LogP contribution in [-0.4, -0.2) is 56.4 Å². The lowest BCUT2D eigenvalue weighted by molar-refractivity contribution is -0.0661. The summed E-state index contributed by atoms with van der Waals surface area (Å²) in [5.74, 6) is 1.35. The third-order valence-corrected chi connectivity index (χ3v) is 6.17. The first-order valence-corrected chi connectivity index (χ1v) is 9.70. The summed E-state index contributed by atoms with van der Waals surface area (Å²) in [5.41, 5.74) is -0.0481. The lowest BCUT2D eigenvalue weighted by atomic mass is 9.78. The molecule has 2 saturated heterocycles. The number of hydrogen-bond acceptors (Lipinski definition) is 5. The molecule has 2 aliphatic heterocycles. The van der Waals surface area contributed by atoms with Crippen LogP contribution in [0, 0.1) is 5.92 Å². The van der Waals surface area contributed by atoms with Crippen LogP contribution in [0.4, 0.5) is 0 Å². The van der Waals surface area contributed by atoms with E-state index >= 15 is 0 Å². The standard InChI is InChI=1S/C18H27NO4S/c1-3-22-15-6-13-24-16(15)17(20)19-9-7-18(8-10-19)14(4-11-21-2)5-12-23-18/h6,13-14H,3-5,7-12H2,1-2H3/t14-/m1/s1. The van der Waals surface area contributed by atoms with Crippen molar-refractivity contribution in [1.29, 1.82) is 0 Å². The number of carbonyl (C=O) groups excluding carboxylic acids is 1. The monoisotopic (exact) mass is 353 g/mol. The second kappa shape index (κ2) is 7.85. The average molecular weight is 353 g/mol. The van der Waals surface area contributed by atoms with Crippen molar-refractivity contribution < 1.29 is 19.0 Å². The van der Waals surface area contributed by atoms with E-state index in [0.29, 0.717) is 18.3 Å². The van der Waals surface area contributed by atoms with Crippen molar-refractivity contribution in [2.75, 3.05) is 40.0 Å². The van der Waals surface area contributed by atoms with Crippen LogP contribution in [0.1, 0.15) is 42.3 Å². The first kappa shape index (κ1) is 17.7.